The molecule has 2 aromatic carbocycles. The van der Waals surface area contributed by atoms with Crippen LogP contribution in [-0.2, 0) is 0 Å². The fourth-order valence-corrected chi connectivity index (χ4v) is 8.52. The normalized spacial score (nSPS) is 25.2. The standard InChI is InChI=1S/C35H58N8/c36-12-3-17-43-34-24-28(26-4-1-6-30(22-26)41(18-13-37)19-14-38)8-10-32(34)33-11-9-29(25-35(33)43)27-5-2-7-31(23-27)42(20-15-39)21-16-40/h1,4,6,9,11,22,25,27-28,31-32,34H,2-3,5,7-8,10,12-21,23-24,36-40H2. The van der Waals surface area contributed by atoms with Crippen molar-refractivity contribution in [2.75, 3.05) is 75.2 Å². The molecule has 10 N–H and O–H groups in total. The van der Waals surface area contributed by atoms with Gasteiger partial charge >= 0.3 is 0 Å². The van der Waals surface area contributed by atoms with Crippen LogP contribution in [0.15, 0.2) is 42.5 Å². The summed E-state index contributed by atoms with van der Waals surface area (Å²) in [6, 6.07) is 17.8. The van der Waals surface area contributed by atoms with E-state index >= 15 is 0 Å². The van der Waals surface area contributed by atoms with Gasteiger partial charge < -0.3 is 38.5 Å². The first-order chi connectivity index (χ1) is 21.1. The molecule has 0 aromatic heterocycles. The van der Waals surface area contributed by atoms with Gasteiger partial charge in [0.15, 0.2) is 0 Å². The average Bonchev–Trinajstić information content (AvgIpc) is 3.35. The highest BCUT2D eigenvalue weighted by Gasteiger charge is 2.43. The van der Waals surface area contributed by atoms with Crippen LogP contribution in [0, 0.1) is 0 Å². The molecule has 8 heteroatoms. The van der Waals surface area contributed by atoms with Crippen molar-refractivity contribution in [1.82, 2.24) is 4.90 Å². The van der Waals surface area contributed by atoms with Gasteiger partial charge in [-0.25, -0.2) is 0 Å². The molecular formula is C35H58N8. The topological polar surface area (TPSA) is 140 Å². The molecule has 2 aromatic rings. The van der Waals surface area contributed by atoms with Crippen molar-refractivity contribution in [3.8, 4) is 0 Å². The molecule has 0 radical (unpaired) electrons. The zero-order valence-electron chi connectivity index (χ0n) is 26.4. The maximum absolute atomic E-state index is 6.08. The maximum Gasteiger partial charge on any atom is 0.0407 e. The summed E-state index contributed by atoms with van der Waals surface area (Å²) in [4.78, 5) is 7.62. The molecule has 1 aliphatic heterocycles. The lowest BCUT2D eigenvalue weighted by Crippen LogP contribution is -2.43. The monoisotopic (exact) mass is 590 g/mol. The summed E-state index contributed by atoms with van der Waals surface area (Å²) in [7, 11) is 0. The number of anilines is 2. The zero-order valence-corrected chi connectivity index (χ0v) is 26.4. The second kappa shape index (κ2) is 15.7. The predicted octanol–water partition coefficient (Wildman–Crippen LogP) is 3.24. The Bertz CT molecular complexity index is 1130. The molecular weight excluding hydrogens is 532 g/mol. The highest BCUT2D eigenvalue weighted by atomic mass is 15.2. The summed E-state index contributed by atoms with van der Waals surface area (Å²) in [6.45, 7) is 7.98. The van der Waals surface area contributed by atoms with Crippen molar-refractivity contribution < 1.29 is 0 Å². The molecule has 2 fully saturated rings. The van der Waals surface area contributed by atoms with Gasteiger partial charge in [-0.2, -0.15) is 0 Å². The molecule has 8 nitrogen and oxygen atoms in total. The van der Waals surface area contributed by atoms with Crippen LogP contribution in [-0.4, -0.2) is 82.4 Å². The van der Waals surface area contributed by atoms with Gasteiger partial charge in [0.2, 0.25) is 0 Å². The van der Waals surface area contributed by atoms with Crippen molar-refractivity contribution in [2.45, 2.75) is 81.2 Å². The van der Waals surface area contributed by atoms with Crippen LogP contribution in [0.2, 0.25) is 0 Å². The lowest BCUT2D eigenvalue weighted by atomic mass is 9.74. The van der Waals surface area contributed by atoms with E-state index in [2.05, 4.69) is 57.2 Å². The van der Waals surface area contributed by atoms with Crippen molar-refractivity contribution >= 4 is 11.4 Å². The zero-order chi connectivity index (χ0) is 30.2. The summed E-state index contributed by atoms with van der Waals surface area (Å²) >= 11 is 0. The third-order valence-electron chi connectivity index (χ3n) is 10.6. The number of benzene rings is 2. The molecule has 0 amide bonds. The van der Waals surface area contributed by atoms with Crippen LogP contribution >= 0.6 is 0 Å². The Morgan fingerprint density at radius 3 is 2.14 bits per heavy atom. The van der Waals surface area contributed by atoms with E-state index in [-0.39, 0.29) is 0 Å². The molecule has 2 saturated carbocycles. The molecule has 238 valence electrons. The molecule has 0 spiro atoms. The van der Waals surface area contributed by atoms with Gasteiger partial charge in [0.05, 0.1) is 0 Å². The van der Waals surface area contributed by atoms with E-state index in [1.165, 1.54) is 67.4 Å². The molecule has 2 aliphatic carbocycles. The minimum atomic E-state index is 0.534. The molecule has 5 rings (SSSR count). The molecule has 3 aliphatic rings. The summed E-state index contributed by atoms with van der Waals surface area (Å²) < 4.78 is 0. The smallest absolute Gasteiger partial charge is 0.0407 e. The molecule has 5 atom stereocenters. The number of hydrogen-bond donors (Lipinski definition) is 5. The van der Waals surface area contributed by atoms with Crippen molar-refractivity contribution in [3.63, 3.8) is 0 Å². The quantitative estimate of drug-likeness (QED) is 0.213. The van der Waals surface area contributed by atoms with E-state index in [0.29, 0.717) is 56.0 Å². The second-order valence-electron chi connectivity index (χ2n) is 13.1. The van der Waals surface area contributed by atoms with Crippen LogP contribution in [0.5, 0.6) is 0 Å². The van der Waals surface area contributed by atoms with Crippen LogP contribution < -0.4 is 38.5 Å². The Morgan fingerprint density at radius 1 is 0.698 bits per heavy atom. The van der Waals surface area contributed by atoms with Gasteiger partial charge in [-0.3, -0.25) is 4.90 Å². The Morgan fingerprint density at radius 2 is 1.42 bits per heavy atom. The minimum absolute atomic E-state index is 0.534. The third-order valence-corrected chi connectivity index (χ3v) is 10.6. The van der Waals surface area contributed by atoms with Crippen LogP contribution in [0.3, 0.4) is 0 Å². The number of hydrogen-bond acceptors (Lipinski definition) is 8. The third kappa shape index (κ3) is 7.38. The lowest BCUT2D eigenvalue weighted by Gasteiger charge is -2.38. The number of rotatable bonds is 15. The molecule has 0 bridgehead atoms. The first-order valence-electron chi connectivity index (χ1n) is 17.1. The number of nitrogens with two attached hydrogens (primary N) is 5. The van der Waals surface area contributed by atoms with Gasteiger partial charge in [0.25, 0.3) is 0 Å². The summed E-state index contributed by atoms with van der Waals surface area (Å²) in [5.74, 6) is 1.76. The number of fused-ring (bicyclic) bond motifs is 3. The van der Waals surface area contributed by atoms with E-state index < -0.39 is 0 Å². The van der Waals surface area contributed by atoms with Crippen molar-refractivity contribution in [1.29, 1.82) is 0 Å². The first-order valence-corrected chi connectivity index (χ1v) is 17.1. The Kier molecular flexibility index (Phi) is 11.7. The summed E-state index contributed by atoms with van der Waals surface area (Å²) in [5.41, 5.74) is 37.1. The SMILES string of the molecule is NCCCN1c2cc(C3CCCC(N(CCN)CCN)C3)ccc2C2CCC(c3cccc(N(CCN)CCN)c3)CC21. The van der Waals surface area contributed by atoms with E-state index in [1.807, 2.05) is 0 Å². The van der Waals surface area contributed by atoms with Crippen molar-refractivity contribution in [2.24, 2.45) is 28.7 Å². The first kappa shape index (κ1) is 32.2. The highest BCUT2D eigenvalue weighted by Crippen LogP contribution is 2.52. The van der Waals surface area contributed by atoms with Crippen molar-refractivity contribution in [3.05, 3.63) is 59.2 Å². The van der Waals surface area contributed by atoms with Gasteiger partial charge in [-0.1, -0.05) is 30.7 Å². The Labute approximate surface area is 260 Å². The predicted molar refractivity (Wildman–Crippen MR) is 182 cm³/mol. The fourth-order valence-electron chi connectivity index (χ4n) is 8.52. The van der Waals surface area contributed by atoms with Gasteiger partial charge in [-0.05, 0) is 98.2 Å². The largest absolute Gasteiger partial charge is 0.369 e. The second-order valence-corrected chi connectivity index (χ2v) is 13.1. The highest BCUT2D eigenvalue weighted by molar-refractivity contribution is 5.64. The summed E-state index contributed by atoms with van der Waals surface area (Å²) in [5, 5.41) is 0. The van der Waals surface area contributed by atoms with Gasteiger partial charge in [0, 0.05) is 88.3 Å². The van der Waals surface area contributed by atoms with Gasteiger partial charge in [0.1, 0.15) is 0 Å². The number of nitrogens with zero attached hydrogens (tertiary/aromatic N) is 3. The van der Waals surface area contributed by atoms with Crippen LogP contribution in [0.25, 0.3) is 0 Å². The molecule has 0 saturated heterocycles. The molecule has 1 heterocycles. The van der Waals surface area contributed by atoms with Gasteiger partial charge in [-0.15, -0.1) is 0 Å². The fraction of sp³-hybridized carbons (Fsp3) is 0.657. The minimum Gasteiger partial charge on any atom is -0.369 e. The van der Waals surface area contributed by atoms with E-state index in [1.54, 1.807) is 5.56 Å². The van der Waals surface area contributed by atoms with E-state index in [0.717, 1.165) is 45.7 Å². The molecule has 43 heavy (non-hydrogen) atoms. The Hall–Kier alpha value is -2.20. The van der Waals surface area contributed by atoms with Crippen LogP contribution in [0.1, 0.15) is 85.8 Å². The van der Waals surface area contributed by atoms with E-state index in [9.17, 15) is 0 Å². The maximum atomic E-state index is 6.08. The average molecular weight is 591 g/mol. The Balaban J connectivity index is 1.35. The summed E-state index contributed by atoms with van der Waals surface area (Å²) in [6.07, 6.45) is 9.69. The molecule has 5 unspecified atom stereocenters. The van der Waals surface area contributed by atoms with Crippen LogP contribution in [0.4, 0.5) is 11.4 Å². The lowest BCUT2D eigenvalue weighted by molar-refractivity contribution is 0.154. The van der Waals surface area contributed by atoms with E-state index in [4.69, 9.17) is 28.7 Å².